The lowest BCUT2D eigenvalue weighted by atomic mass is 9.99. The molecule has 0 bridgehead atoms. The molecular formula is C11H14FNO2. The molecule has 1 aromatic carbocycles. The summed E-state index contributed by atoms with van der Waals surface area (Å²) in [5, 5.41) is 8.42. The summed E-state index contributed by atoms with van der Waals surface area (Å²) in [5.41, 5.74) is 3.04. The van der Waals surface area contributed by atoms with Crippen molar-refractivity contribution in [3.05, 3.63) is 35.1 Å². The Bertz CT molecular complexity index is 366. The monoisotopic (exact) mass is 211 g/mol. The van der Waals surface area contributed by atoms with Gasteiger partial charge in [0.05, 0.1) is 0 Å². The Kier molecular flexibility index (Phi) is 3.80. The van der Waals surface area contributed by atoms with E-state index in [1.165, 1.54) is 6.07 Å². The Morgan fingerprint density at radius 3 is 2.80 bits per heavy atom. The first-order chi connectivity index (χ1) is 7.04. The molecule has 3 nitrogen and oxygen atoms in total. The number of halogens is 1. The van der Waals surface area contributed by atoms with Crippen molar-refractivity contribution in [2.75, 3.05) is 0 Å². The Balaban J connectivity index is 2.73. The van der Waals surface area contributed by atoms with E-state index in [1.54, 1.807) is 31.5 Å². The number of aryl methyl sites for hydroxylation is 1. The molecule has 0 radical (unpaired) electrons. The molecule has 1 amide bonds. The second-order valence-electron chi connectivity index (χ2n) is 3.66. The van der Waals surface area contributed by atoms with Crippen LogP contribution in [0.2, 0.25) is 0 Å². The first kappa shape index (κ1) is 11.7. The van der Waals surface area contributed by atoms with Crippen molar-refractivity contribution in [1.29, 1.82) is 0 Å². The fraction of sp³-hybridized carbons (Fsp3) is 0.364. The molecule has 82 valence electrons. The molecule has 15 heavy (non-hydrogen) atoms. The summed E-state index contributed by atoms with van der Waals surface area (Å²) in [7, 11) is 0. The Morgan fingerprint density at radius 2 is 2.27 bits per heavy atom. The van der Waals surface area contributed by atoms with E-state index >= 15 is 0 Å². The van der Waals surface area contributed by atoms with Crippen molar-refractivity contribution >= 4 is 5.91 Å². The fourth-order valence-corrected chi connectivity index (χ4v) is 1.39. The smallest absolute Gasteiger partial charge is 0.246 e. The standard InChI is InChI=1S/C11H14FNO2/c1-7-5-9(3-4-10(7)12)6-8(2)11(14)13-15/h3-5,8,15H,6H2,1-2H3,(H,13,14)/t8-/m1/s1. The third-order valence-corrected chi connectivity index (χ3v) is 2.32. The predicted octanol–water partition coefficient (Wildman–Crippen LogP) is 1.82. The SMILES string of the molecule is Cc1cc(C[C@@H](C)C(=O)NO)ccc1F. The van der Waals surface area contributed by atoms with E-state index in [-0.39, 0.29) is 11.7 Å². The van der Waals surface area contributed by atoms with Crippen LogP contribution in [0.1, 0.15) is 18.1 Å². The summed E-state index contributed by atoms with van der Waals surface area (Å²) in [4.78, 5) is 11.0. The number of nitrogens with one attached hydrogen (secondary N) is 1. The van der Waals surface area contributed by atoms with E-state index < -0.39 is 5.91 Å². The minimum absolute atomic E-state index is 0.252. The van der Waals surface area contributed by atoms with Crippen LogP contribution in [0.25, 0.3) is 0 Å². The lowest BCUT2D eigenvalue weighted by Crippen LogP contribution is -2.27. The van der Waals surface area contributed by atoms with Gasteiger partial charge >= 0.3 is 0 Å². The number of rotatable bonds is 3. The maximum atomic E-state index is 12.9. The highest BCUT2D eigenvalue weighted by atomic mass is 19.1. The van der Waals surface area contributed by atoms with Gasteiger partial charge in [0.15, 0.2) is 0 Å². The van der Waals surface area contributed by atoms with Gasteiger partial charge in [-0.2, -0.15) is 0 Å². The molecule has 0 unspecified atom stereocenters. The average Bonchev–Trinajstić information content (AvgIpc) is 2.22. The molecule has 0 aliphatic carbocycles. The van der Waals surface area contributed by atoms with Gasteiger partial charge in [0, 0.05) is 5.92 Å². The molecule has 0 saturated carbocycles. The van der Waals surface area contributed by atoms with Gasteiger partial charge in [-0.15, -0.1) is 0 Å². The maximum Gasteiger partial charge on any atom is 0.246 e. The van der Waals surface area contributed by atoms with Crippen molar-refractivity contribution in [3.63, 3.8) is 0 Å². The van der Waals surface area contributed by atoms with Crippen molar-refractivity contribution < 1.29 is 14.4 Å². The van der Waals surface area contributed by atoms with Crippen LogP contribution in [0.3, 0.4) is 0 Å². The van der Waals surface area contributed by atoms with Gasteiger partial charge in [-0.25, -0.2) is 9.87 Å². The first-order valence-electron chi connectivity index (χ1n) is 4.73. The second-order valence-corrected chi connectivity index (χ2v) is 3.66. The highest BCUT2D eigenvalue weighted by Crippen LogP contribution is 2.13. The summed E-state index contributed by atoms with van der Waals surface area (Å²) in [6.45, 7) is 3.37. The van der Waals surface area contributed by atoms with E-state index in [9.17, 15) is 9.18 Å². The van der Waals surface area contributed by atoms with E-state index in [1.807, 2.05) is 0 Å². The number of hydrogen-bond acceptors (Lipinski definition) is 2. The maximum absolute atomic E-state index is 12.9. The number of hydroxylamine groups is 1. The first-order valence-corrected chi connectivity index (χ1v) is 4.73. The van der Waals surface area contributed by atoms with Gasteiger partial charge in [-0.1, -0.05) is 19.1 Å². The molecule has 0 heterocycles. The fourth-order valence-electron chi connectivity index (χ4n) is 1.39. The molecule has 1 aromatic rings. The van der Waals surface area contributed by atoms with Crippen LogP contribution in [-0.4, -0.2) is 11.1 Å². The summed E-state index contributed by atoms with van der Waals surface area (Å²) in [6.07, 6.45) is 0.480. The molecule has 0 aromatic heterocycles. The van der Waals surface area contributed by atoms with Crippen molar-refractivity contribution in [1.82, 2.24) is 5.48 Å². The second kappa shape index (κ2) is 4.89. The van der Waals surface area contributed by atoms with Crippen LogP contribution in [-0.2, 0) is 11.2 Å². The Morgan fingerprint density at radius 1 is 1.60 bits per heavy atom. The third kappa shape index (κ3) is 3.02. The van der Waals surface area contributed by atoms with Gasteiger partial charge in [0.25, 0.3) is 0 Å². The number of carbonyl (C=O) groups excluding carboxylic acids is 1. The minimum Gasteiger partial charge on any atom is -0.289 e. The molecule has 1 rings (SSSR count). The summed E-state index contributed by atoms with van der Waals surface area (Å²) in [6, 6.07) is 4.73. The van der Waals surface area contributed by atoms with Gasteiger partial charge in [-0.05, 0) is 30.5 Å². The average molecular weight is 211 g/mol. The molecule has 0 aliphatic rings. The van der Waals surface area contributed by atoms with E-state index in [0.717, 1.165) is 5.56 Å². The molecule has 0 spiro atoms. The molecule has 1 atom stereocenters. The van der Waals surface area contributed by atoms with Gasteiger partial charge < -0.3 is 0 Å². The van der Waals surface area contributed by atoms with Crippen LogP contribution in [0.15, 0.2) is 18.2 Å². The van der Waals surface area contributed by atoms with Gasteiger partial charge in [0.1, 0.15) is 5.82 Å². The quantitative estimate of drug-likeness (QED) is 0.591. The van der Waals surface area contributed by atoms with Crippen molar-refractivity contribution in [3.8, 4) is 0 Å². The zero-order chi connectivity index (χ0) is 11.4. The highest BCUT2D eigenvalue weighted by molar-refractivity contribution is 5.77. The Hall–Kier alpha value is -1.42. The molecule has 0 fully saturated rings. The molecule has 0 aliphatic heterocycles. The lowest BCUT2D eigenvalue weighted by Gasteiger charge is -2.09. The molecular weight excluding hydrogens is 197 g/mol. The van der Waals surface area contributed by atoms with Crippen molar-refractivity contribution in [2.45, 2.75) is 20.3 Å². The zero-order valence-electron chi connectivity index (χ0n) is 8.75. The van der Waals surface area contributed by atoms with Crippen LogP contribution in [0, 0.1) is 18.7 Å². The van der Waals surface area contributed by atoms with Crippen LogP contribution < -0.4 is 5.48 Å². The number of carbonyl (C=O) groups is 1. The predicted molar refractivity (Wildman–Crippen MR) is 53.9 cm³/mol. The number of hydrogen-bond donors (Lipinski definition) is 2. The minimum atomic E-state index is -0.433. The summed E-state index contributed by atoms with van der Waals surface area (Å²) >= 11 is 0. The normalized spacial score (nSPS) is 12.3. The van der Waals surface area contributed by atoms with E-state index in [2.05, 4.69) is 0 Å². The lowest BCUT2D eigenvalue weighted by molar-refractivity contribution is -0.132. The van der Waals surface area contributed by atoms with Crippen molar-refractivity contribution in [2.24, 2.45) is 5.92 Å². The third-order valence-electron chi connectivity index (χ3n) is 2.32. The topological polar surface area (TPSA) is 49.3 Å². The van der Waals surface area contributed by atoms with Crippen LogP contribution in [0.5, 0.6) is 0 Å². The molecule has 0 saturated heterocycles. The summed E-state index contributed by atoms with van der Waals surface area (Å²) in [5.74, 6) is -1.02. The zero-order valence-corrected chi connectivity index (χ0v) is 8.75. The Labute approximate surface area is 87.9 Å². The highest BCUT2D eigenvalue weighted by Gasteiger charge is 2.12. The largest absolute Gasteiger partial charge is 0.289 e. The van der Waals surface area contributed by atoms with Gasteiger partial charge in [0.2, 0.25) is 5.91 Å². The summed E-state index contributed by atoms with van der Waals surface area (Å²) < 4.78 is 12.9. The molecule has 2 N–H and O–H groups in total. The van der Waals surface area contributed by atoms with E-state index in [4.69, 9.17) is 5.21 Å². The van der Waals surface area contributed by atoms with E-state index in [0.29, 0.717) is 12.0 Å². The number of benzene rings is 1. The van der Waals surface area contributed by atoms with Gasteiger partial charge in [-0.3, -0.25) is 10.0 Å². The number of amides is 1. The molecule has 4 heteroatoms. The van der Waals surface area contributed by atoms with Crippen LogP contribution >= 0.6 is 0 Å². The van der Waals surface area contributed by atoms with Crippen LogP contribution in [0.4, 0.5) is 4.39 Å².